The number of carbonyl (C=O) groups excluding carboxylic acids is 1. The maximum absolute atomic E-state index is 11.9. The van der Waals surface area contributed by atoms with E-state index in [4.69, 9.17) is 38.3 Å². The molecule has 0 atom stereocenters. The number of carbonyl (C=O) groups is 1. The summed E-state index contributed by atoms with van der Waals surface area (Å²) in [7, 11) is 0. The Balaban J connectivity index is 3.11. The van der Waals surface area contributed by atoms with Gasteiger partial charge in [-0.15, -0.1) is 0 Å². The number of ether oxygens (including phenoxy) is 7. The number of aliphatic hydroxyl groups is 1. The molecule has 9 heteroatoms. The molecule has 0 fully saturated rings. The normalized spacial score (nSPS) is 11.8. The second-order valence-corrected chi connectivity index (χ2v) is 11.4. The van der Waals surface area contributed by atoms with Crippen molar-refractivity contribution in [3.63, 3.8) is 0 Å². The highest BCUT2D eigenvalue weighted by molar-refractivity contribution is 5.75. The molecule has 0 aromatic heterocycles. The first-order valence-corrected chi connectivity index (χ1v) is 16.8. The van der Waals surface area contributed by atoms with Gasteiger partial charge in [-0.05, 0) is 97.3 Å². The van der Waals surface area contributed by atoms with E-state index in [1.54, 1.807) is 0 Å². The third-order valence-corrected chi connectivity index (χ3v) is 6.94. The van der Waals surface area contributed by atoms with Gasteiger partial charge in [0.25, 0.3) is 0 Å². The highest BCUT2D eigenvalue weighted by Gasteiger charge is 2.26. The number of unbranched alkanes of at least 4 members (excludes halogenated alkanes) is 6. The first-order chi connectivity index (χ1) is 20.5. The summed E-state index contributed by atoms with van der Waals surface area (Å²) in [6.07, 6.45) is 13.5. The highest BCUT2D eigenvalue weighted by Crippen LogP contribution is 2.21. The molecular formula is C33H66O9. The second-order valence-electron chi connectivity index (χ2n) is 11.4. The Morgan fingerprint density at radius 3 is 0.976 bits per heavy atom. The zero-order valence-electron chi connectivity index (χ0n) is 27.5. The molecule has 0 saturated heterocycles. The summed E-state index contributed by atoms with van der Waals surface area (Å²) >= 11 is 0. The van der Waals surface area contributed by atoms with Gasteiger partial charge in [-0.3, -0.25) is 4.79 Å². The van der Waals surface area contributed by atoms with E-state index in [9.17, 15) is 4.79 Å². The van der Waals surface area contributed by atoms with E-state index in [0.29, 0.717) is 13.2 Å². The molecular weight excluding hydrogens is 540 g/mol. The van der Waals surface area contributed by atoms with Crippen LogP contribution in [0.1, 0.15) is 111 Å². The number of esters is 1. The van der Waals surface area contributed by atoms with E-state index in [1.165, 1.54) is 0 Å². The van der Waals surface area contributed by atoms with Crippen molar-refractivity contribution in [3.8, 4) is 0 Å². The Labute approximate surface area is 257 Å². The summed E-state index contributed by atoms with van der Waals surface area (Å²) < 4.78 is 39.2. The monoisotopic (exact) mass is 606 g/mol. The lowest BCUT2D eigenvalue weighted by Gasteiger charge is -2.20. The largest absolute Gasteiger partial charge is 0.465 e. The Hall–Kier alpha value is -0.810. The zero-order valence-corrected chi connectivity index (χ0v) is 27.5. The van der Waals surface area contributed by atoms with Crippen molar-refractivity contribution in [2.45, 2.75) is 111 Å². The van der Waals surface area contributed by atoms with Gasteiger partial charge in [0.2, 0.25) is 0 Å². The third-order valence-electron chi connectivity index (χ3n) is 6.94. The fraction of sp³-hybridized carbons (Fsp3) is 0.970. The number of rotatable bonds is 35. The smallest absolute Gasteiger partial charge is 0.311 e. The van der Waals surface area contributed by atoms with Crippen LogP contribution in [0.4, 0.5) is 0 Å². The number of hydrogen-bond acceptors (Lipinski definition) is 9. The van der Waals surface area contributed by atoms with Crippen LogP contribution in [0.5, 0.6) is 0 Å². The van der Waals surface area contributed by atoms with Crippen molar-refractivity contribution in [2.24, 2.45) is 5.41 Å². The maximum Gasteiger partial charge on any atom is 0.311 e. The fourth-order valence-electron chi connectivity index (χ4n) is 3.64. The first-order valence-electron chi connectivity index (χ1n) is 16.8. The van der Waals surface area contributed by atoms with Crippen LogP contribution in [0.25, 0.3) is 0 Å². The van der Waals surface area contributed by atoms with Crippen LogP contribution in [0.2, 0.25) is 0 Å². The van der Waals surface area contributed by atoms with Crippen LogP contribution in [-0.2, 0) is 38.0 Å². The summed E-state index contributed by atoms with van der Waals surface area (Å²) in [6, 6.07) is 0. The van der Waals surface area contributed by atoms with Crippen LogP contribution in [0, 0.1) is 5.41 Å². The predicted molar refractivity (Wildman–Crippen MR) is 167 cm³/mol. The molecule has 0 radical (unpaired) electrons. The molecule has 0 rings (SSSR count). The van der Waals surface area contributed by atoms with E-state index >= 15 is 0 Å². The van der Waals surface area contributed by atoms with Crippen molar-refractivity contribution >= 4 is 5.97 Å². The minimum Gasteiger partial charge on any atom is -0.465 e. The molecule has 0 saturated carbocycles. The lowest BCUT2D eigenvalue weighted by Crippen LogP contribution is -2.26. The fourth-order valence-corrected chi connectivity index (χ4v) is 3.64. The zero-order chi connectivity index (χ0) is 30.8. The van der Waals surface area contributed by atoms with Gasteiger partial charge < -0.3 is 38.3 Å². The van der Waals surface area contributed by atoms with Crippen molar-refractivity contribution in [3.05, 3.63) is 0 Å². The molecule has 0 aromatic rings. The molecule has 0 heterocycles. The van der Waals surface area contributed by atoms with Crippen molar-refractivity contribution in [1.29, 1.82) is 0 Å². The molecule has 0 amide bonds. The van der Waals surface area contributed by atoms with Gasteiger partial charge in [0.05, 0.1) is 12.0 Å². The molecule has 0 aliphatic heterocycles. The average molecular weight is 607 g/mol. The predicted octanol–water partition coefficient (Wildman–Crippen LogP) is 6.13. The standard InChI is InChI=1S/C33H66O9/c1-4-33(2,3)32(35)42-31-17-30-41-29-16-15-28-40-27-14-13-26-39-25-12-11-24-38-23-10-9-22-37-21-8-7-20-36-19-6-5-18-34/h34H,4-31H2,1-3H3. The maximum atomic E-state index is 11.9. The summed E-state index contributed by atoms with van der Waals surface area (Å²) in [6.45, 7) is 15.7. The molecule has 0 aliphatic carbocycles. The Morgan fingerprint density at radius 2 is 0.714 bits per heavy atom. The quantitative estimate of drug-likeness (QED) is 0.0674. The molecule has 42 heavy (non-hydrogen) atoms. The van der Waals surface area contributed by atoms with Gasteiger partial charge in [-0.2, -0.15) is 0 Å². The van der Waals surface area contributed by atoms with Gasteiger partial charge in [0, 0.05) is 92.3 Å². The summed E-state index contributed by atoms with van der Waals surface area (Å²) in [5, 5.41) is 8.70. The van der Waals surface area contributed by atoms with Crippen LogP contribution >= 0.6 is 0 Å². The summed E-state index contributed by atoms with van der Waals surface area (Å²) in [4.78, 5) is 11.9. The summed E-state index contributed by atoms with van der Waals surface area (Å²) in [5.41, 5.74) is -0.402. The molecule has 0 spiro atoms. The molecule has 9 nitrogen and oxygen atoms in total. The van der Waals surface area contributed by atoms with Crippen LogP contribution in [0.3, 0.4) is 0 Å². The van der Waals surface area contributed by atoms with Gasteiger partial charge in [-0.25, -0.2) is 0 Å². The van der Waals surface area contributed by atoms with Gasteiger partial charge in [0.1, 0.15) is 0 Å². The van der Waals surface area contributed by atoms with E-state index in [2.05, 4.69) is 0 Å². The lowest BCUT2D eigenvalue weighted by molar-refractivity contribution is -0.154. The van der Waals surface area contributed by atoms with Gasteiger partial charge in [0.15, 0.2) is 0 Å². The van der Waals surface area contributed by atoms with Crippen LogP contribution in [0.15, 0.2) is 0 Å². The molecule has 252 valence electrons. The first kappa shape index (κ1) is 41.2. The molecule has 0 unspecified atom stereocenters. The molecule has 0 aromatic carbocycles. The van der Waals surface area contributed by atoms with Crippen LogP contribution < -0.4 is 0 Å². The van der Waals surface area contributed by atoms with E-state index in [-0.39, 0.29) is 12.6 Å². The Bertz CT molecular complexity index is 546. The van der Waals surface area contributed by atoms with E-state index in [1.807, 2.05) is 20.8 Å². The Kier molecular flexibility index (Phi) is 32.5. The van der Waals surface area contributed by atoms with Crippen LogP contribution in [-0.4, -0.2) is 104 Å². The van der Waals surface area contributed by atoms with E-state index < -0.39 is 5.41 Å². The minimum atomic E-state index is -0.402. The Morgan fingerprint density at radius 1 is 0.452 bits per heavy atom. The lowest BCUT2D eigenvalue weighted by atomic mass is 9.91. The van der Waals surface area contributed by atoms with Gasteiger partial charge in [-0.1, -0.05) is 6.92 Å². The molecule has 0 aliphatic rings. The topological polar surface area (TPSA) is 102 Å². The molecule has 1 N–H and O–H groups in total. The second kappa shape index (κ2) is 33.1. The molecule has 0 bridgehead atoms. The summed E-state index contributed by atoms with van der Waals surface area (Å²) in [5.74, 6) is -0.129. The number of hydrogen-bond donors (Lipinski definition) is 1. The van der Waals surface area contributed by atoms with E-state index in [0.717, 1.165) is 163 Å². The van der Waals surface area contributed by atoms with Crippen molar-refractivity contribution in [2.75, 3.05) is 92.5 Å². The average Bonchev–Trinajstić information content (AvgIpc) is 2.99. The SMILES string of the molecule is CCC(C)(C)C(=O)OCCCOCCCCOCCCCOCCCCOCCCCOCCCCOCCCCO. The highest BCUT2D eigenvalue weighted by atomic mass is 16.5. The van der Waals surface area contributed by atoms with Crippen molar-refractivity contribution < 1.29 is 43.1 Å². The van der Waals surface area contributed by atoms with Crippen molar-refractivity contribution in [1.82, 2.24) is 0 Å². The minimum absolute atomic E-state index is 0.129. The third kappa shape index (κ3) is 30.6. The van der Waals surface area contributed by atoms with Gasteiger partial charge >= 0.3 is 5.97 Å². The number of aliphatic hydroxyl groups excluding tert-OH is 1.